The van der Waals surface area contributed by atoms with Gasteiger partial charge >= 0.3 is 0 Å². The Balaban J connectivity index is -0.00000000200. The Morgan fingerprint density at radius 1 is 1.25 bits per heavy atom. The van der Waals surface area contributed by atoms with Crippen LogP contribution in [0.3, 0.4) is 0 Å². The van der Waals surface area contributed by atoms with E-state index in [1.807, 2.05) is 0 Å². The van der Waals surface area contributed by atoms with Crippen LogP contribution < -0.4 is 0 Å². The van der Waals surface area contributed by atoms with Gasteiger partial charge in [0, 0.05) is 43.4 Å². The molecule has 0 spiro atoms. The van der Waals surface area contributed by atoms with Crippen molar-refractivity contribution >= 4 is 62.5 Å². The first kappa shape index (κ1) is 42.4. The van der Waals surface area contributed by atoms with Gasteiger partial charge in [-0.1, -0.05) is 8.79 Å². The van der Waals surface area contributed by atoms with Crippen LogP contribution in [0.25, 0.3) is 0 Å². The van der Waals surface area contributed by atoms with Crippen LogP contribution in [0, 0.1) is 0 Å². The number of rotatable bonds is 0. The largest absolute Gasteiger partial charge is 0.387 e. The SMILES string of the molecule is O=[SiH]P.P.[AlH2].[AlH3].[Ti].[Ti]. The van der Waals surface area contributed by atoms with Crippen molar-refractivity contribution in [3.05, 3.63) is 0 Å². The van der Waals surface area contributed by atoms with E-state index in [4.69, 9.17) is 4.46 Å². The van der Waals surface area contributed by atoms with Gasteiger partial charge in [-0.15, -0.1) is 0 Å². The average Bonchev–Trinajstić information content (AvgIpc) is 0.918. The molecule has 0 aliphatic carbocycles. The summed E-state index contributed by atoms with van der Waals surface area (Å²) in [5.74, 6) is 0. The Bertz CT molecular complexity index is 25.5. The maximum absolute atomic E-state index is 8.98. The molecule has 0 bridgehead atoms. The van der Waals surface area contributed by atoms with Crippen LogP contribution in [0.2, 0.25) is 0 Å². The standard InChI is InChI=1S/2Al.H3OPSi.H3P.2Ti.5H/c;;1-3-2;;;;;;;;/h;;3H,2H2;1H3;;;;;;;. The molecule has 0 heterocycles. The Kier molecular flexibility index (Phi) is 253. The van der Waals surface area contributed by atoms with Crippen molar-refractivity contribution in [1.82, 2.24) is 0 Å². The van der Waals surface area contributed by atoms with E-state index in [0.29, 0.717) is 0 Å². The van der Waals surface area contributed by atoms with E-state index in [-0.39, 0.29) is 88.1 Å². The molecule has 1 nitrogen and oxygen atoms in total. The molecule has 0 aromatic heterocycles. The maximum Gasteiger partial charge on any atom is 0.282 e. The third kappa shape index (κ3) is 57.8. The van der Waals surface area contributed by atoms with E-state index in [1.165, 1.54) is 0 Å². The van der Waals surface area contributed by atoms with Crippen molar-refractivity contribution in [2.24, 2.45) is 0 Å². The van der Waals surface area contributed by atoms with Gasteiger partial charge in [-0.2, -0.15) is 9.90 Å². The van der Waals surface area contributed by atoms with E-state index >= 15 is 0 Å². The molecule has 8 heavy (non-hydrogen) atoms. The molecule has 0 N–H and O–H groups in total. The summed E-state index contributed by atoms with van der Waals surface area (Å²) in [7, 11) is 1.52. The summed E-state index contributed by atoms with van der Waals surface area (Å²) in [5, 5.41) is 0. The zero-order valence-electron chi connectivity index (χ0n) is 4.27. The first-order valence-corrected chi connectivity index (χ1v) is 3.71. The van der Waals surface area contributed by atoms with Gasteiger partial charge in [0.05, 0.1) is 0 Å². The van der Waals surface area contributed by atoms with E-state index in [0.717, 1.165) is 0 Å². The summed E-state index contributed by atoms with van der Waals surface area (Å²) in [6.45, 7) is 0. The van der Waals surface area contributed by atoms with Crippen LogP contribution in [0.1, 0.15) is 0 Å². The van der Waals surface area contributed by atoms with Crippen LogP contribution in [0.5, 0.6) is 0 Å². The van der Waals surface area contributed by atoms with Gasteiger partial charge in [0.25, 0.3) is 9.07 Å². The second kappa shape index (κ2) is 47.7. The number of hydrogen-bond donors (Lipinski definition) is 0. The summed E-state index contributed by atoms with van der Waals surface area (Å²) < 4.78 is 8.98. The summed E-state index contributed by atoms with van der Waals surface area (Å²) >= 11 is 0. The van der Waals surface area contributed by atoms with Gasteiger partial charge < -0.3 is 4.46 Å². The summed E-state index contributed by atoms with van der Waals surface area (Å²) in [6, 6.07) is 0. The maximum atomic E-state index is 8.98. The smallest absolute Gasteiger partial charge is 0.282 e. The van der Waals surface area contributed by atoms with E-state index in [2.05, 4.69) is 8.79 Å². The van der Waals surface area contributed by atoms with E-state index < -0.39 is 9.07 Å². The van der Waals surface area contributed by atoms with Gasteiger partial charge in [0.2, 0.25) is 0 Å². The average molecular weight is 267 g/mol. The predicted molar refractivity (Wildman–Crippen MR) is 47.1 cm³/mol. The molecular formula is H11Al2OP2SiTi2. The third-order valence-electron chi connectivity index (χ3n) is 0. The molecule has 0 aliphatic heterocycles. The zero-order valence-corrected chi connectivity index (χ0v) is 13.1. The Labute approximate surface area is 109 Å². The normalized spacial score (nSPS) is 1.62. The molecule has 1 radical (unpaired) electrons. The Morgan fingerprint density at radius 3 is 1.25 bits per heavy atom. The van der Waals surface area contributed by atoms with Crippen LogP contribution in [0.4, 0.5) is 0 Å². The minimum atomic E-state index is -0.583. The fraction of sp³-hybridized carbons (Fsp3) is 0. The predicted octanol–water partition coefficient (Wildman–Crippen LogP) is -2.49. The van der Waals surface area contributed by atoms with Crippen molar-refractivity contribution in [2.45, 2.75) is 0 Å². The molecule has 0 fully saturated rings. The minimum absolute atomic E-state index is 0. The molecule has 0 aromatic rings. The molecule has 2 unspecified atom stereocenters. The van der Waals surface area contributed by atoms with Gasteiger partial charge in [-0.05, 0) is 0 Å². The van der Waals surface area contributed by atoms with Crippen LogP contribution in [-0.2, 0) is 47.9 Å². The first-order valence-electron chi connectivity index (χ1n) is 0.569. The summed E-state index contributed by atoms with van der Waals surface area (Å²) in [4.78, 5) is 0. The Hall–Kier alpha value is 3.37. The number of hydrogen-bond acceptors (Lipinski definition) is 1. The van der Waals surface area contributed by atoms with Crippen LogP contribution >= 0.6 is 18.7 Å². The van der Waals surface area contributed by atoms with Gasteiger partial charge in [-0.3, -0.25) is 0 Å². The van der Waals surface area contributed by atoms with Crippen LogP contribution in [0.15, 0.2) is 0 Å². The Morgan fingerprint density at radius 2 is 1.25 bits per heavy atom. The fourth-order valence-corrected chi connectivity index (χ4v) is 0. The van der Waals surface area contributed by atoms with Crippen molar-refractivity contribution < 1.29 is 47.9 Å². The summed E-state index contributed by atoms with van der Waals surface area (Å²) in [5.41, 5.74) is 0. The van der Waals surface area contributed by atoms with Crippen LogP contribution in [-0.4, -0.2) is 43.8 Å². The van der Waals surface area contributed by atoms with Crippen molar-refractivity contribution in [3.8, 4) is 0 Å². The quantitative estimate of drug-likeness (QED) is 0.350. The topological polar surface area (TPSA) is 17.1 Å². The van der Waals surface area contributed by atoms with Gasteiger partial charge in [-0.25, -0.2) is 0 Å². The molecule has 0 saturated heterocycles. The van der Waals surface area contributed by atoms with E-state index in [9.17, 15) is 0 Å². The first-order chi connectivity index (χ1) is 1.41. The molecule has 0 saturated carbocycles. The monoisotopic (exact) mass is 267 g/mol. The second-order valence-electron chi connectivity index (χ2n) is 0.136. The van der Waals surface area contributed by atoms with Gasteiger partial charge in [0.15, 0.2) is 17.4 Å². The molecule has 8 heteroatoms. The molecule has 0 aromatic carbocycles. The minimum Gasteiger partial charge on any atom is -0.387 e. The molecule has 0 aliphatic rings. The fourth-order valence-electron chi connectivity index (χ4n) is 0. The molecule has 45 valence electrons. The third-order valence-corrected chi connectivity index (χ3v) is 0. The second-order valence-corrected chi connectivity index (χ2v) is 1.22. The summed E-state index contributed by atoms with van der Waals surface area (Å²) in [6.07, 6.45) is 0. The molecular weight excluding hydrogens is 256 g/mol. The molecule has 0 amide bonds. The molecule has 2 atom stereocenters. The van der Waals surface area contributed by atoms with Gasteiger partial charge in [0.1, 0.15) is 17.4 Å². The van der Waals surface area contributed by atoms with Crippen molar-refractivity contribution in [3.63, 3.8) is 0 Å². The van der Waals surface area contributed by atoms with Crippen molar-refractivity contribution in [1.29, 1.82) is 0 Å². The zero-order chi connectivity index (χ0) is 2.71. The molecule has 0 rings (SSSR count). The van der Waals surface area contributed by atoms with E-state index in [1.54, 1.807) is 0 Å². The van der Waals surface area contributed by atoms with Crippen molar-refractivity contribution in [2.75, 3.05) is 0 Å².